The summed E-state index contributed by atoms with van der Waals surface area (Å²) in [6.45, 7) is 8.73. The predicted molar refractivity (Wildman–Crippen MR) is 98.8 cm³/mol. The lowest BCUT2D eigenvalue weighted by Gasteiger charge is -2.12. The van der Waals surface area contributed by atoms with E-state index in [1.165, 1.54) is 11.1 Å². The molecule has 0 saturated heterocycles. The van der Waals surface area contributed by atoms with Crippen LogP contribution in [-0.2, 0) is 4.74 Å². The van der Waals surface area contributed by atoms with Gasteiger partial charge >= 0.3 is 5.97 Å². The van der Waals surface area contributed by atoms with Gasteiger partial charge in [-0.2, -0.15) is 0 Å². The summed E-state index contributed by atoms with van der Waals surface area (Å²) in [5, 5.41) is 7.96. The largest absolute Gasteiger partial charge is 0.490 e. The van der Waals surface area contributed by atoms with Crippen LogP contribution in [0.2, 0.25) is 0 Å². The minimum Gasteiger partial charge on any atom is -0.490 e. The molecule has 0 aliphatic heterocycles. The number of rotatable bonds is 6. The van der Waals surface area contributed by atoms with E-state index < -0.39 is 5.97 Å². The van der Waals surface area contributed by atoms with Gasteiger partial charge in [0.05, 0.1) is 5.56 Å². The van der Waals surface area contributed by atoms with Crippen molar-refractivity contribution in [2.45, 2.75) is 33.6 Å². The summed E-state index contributed by atoms with van der Waals surface area (Å²) in [4.78, 5) is 12.2. The van der Waals surface area contributed by atoms with E-state index in [9.17, 15) is 4.79 Å². The summed E-state index contributed by atoms with van der Waals surface area (Å²) in [5.41, 5.74) is 3.66. The number of nitrogens with zero attached hydrogens (tertiary/aromatic N) is 3. The summed E-state index contributed by atoms with van der Waals surface area (Å²) in [6.07, 6.45) is 1.68. The number of hydrogen-bond acceptors (Lipinski definition) is 5. The Bertz CT molecular complexity index is 931. The zero-order valence-corrected chi connectivity index (χ0v) is 15.5. The molecule has 2 aromatic heterocycles. The molecule has 0 spiro atoms. The molecule has 26 heavy (non-hydrogen) atoms. The quantitative estimate of drug-likeness (QED) is 0.499. The zero-order chi connectivity index (χ0) is 18.7. The molecule has 0 unspecified atom stereocenters. The molecule has 0 aliphatic rings. The van der Waals surface area contributed by atoms with E-state index in [1.54, 1.807) is 22.7 Å². The van der Waals surface area contributed by atoms with Crippen molar-refractivity contribution >= 4 is 11.6 Å². The molecule has 6 nitrogen and oxygen atoms in total. The molecule has 0 saturated carbocycles. The fourth-order valence-electron chi connectivity index (χ4n) is 2.89. The third-order valence-electron chi connectivity index (χ3n) is 4.26. The number of pyridine rings is 1. The molecule has 3 aromatic rings. The molecule has 6 heteroatoms. The van der Waals surface area contributed by atoms with Gasteiger partial charge < -0.3 is 9.47 Å². The van der Waals surface area contributed by atoms with E-state index in [-0.39, 0.29) is 6.61 Å². The highest BCUT2D eigenvalue weighted by atomic mass is 16.6. The van der Waals surface area contributed by atoms with Crippen molar-refractivity contribution in [2.75, 3.05) is 13.2 Å². The molecule has 0 aliphatic carbocycles. The smallest absolute Gasteiger partial charge is 0.339 e. The fourth-order valence-corrected chi connectivity index (χ4v) is 2.89. The molecule has 0 radical (unpaired) electrons. The first kappa shape index (κ1) is 17.9. The summed E-state index contributed by atoms with van der Waals surface area (Å²) in [5.74, 6) is 1.59. The molecule has 0 bridgehead atoms. The van der Waals surface area contributed by atoms with Gasteiger partial charge in [0, 0.05) is 6.20 Å². The first-order valence-electron chi connectivity index (χ1n) is 8.67. The van der Waals surface area contributed by atoms with Gasteiger partial charge in [-0.3, -0.25) is 4.40 Å². The first-order valence-corrected chi connectivity index (χ1v) is 8.67. The standard InChI is InChI=1S/C20H23N3O3/c1-13(2)18-7-6-17(11-14(18)3)25-9-10-26-20(24)16-5-8-19-22-21-15(4)23(19)12-16/h5-8,11-13H,9-10H2,1-4H3. The topological polar surface area (TPSA) is 65.7 Å². The summed E-state index contributed by atoms with van der Waals surface area (Å²) >= 11 is 0. The Balaban J connectivity index is 1.53. The first-order chi connectivity index (χ1) is 12.5. The molecule has 2 heterocycles. The number of fused-ring (bicyclic) bond motifs is 1. The van der Waals surface area contributed by atoms with Crippen LogP contribution in [-0.4, -0.2) is 33.8 Å². The van der Waals surface area contributed by atoms with Gasteiger partial charge in [-0.05, 0) is 55.2 Å². The monoisotopic (exact) mass is 353 g/mol. The highest BCUT2D eigenvalue weighted by Crippen LogP contribution is 2.23. The number of ether oxygens (including phenoxy) is 2. The summed E-state index contributed by atoms with van der Waals surface area (Å²) < 4.78 is 12.7. The van der Waals surface area contributed by atoms with Crippen molar-refractivity contribution in [1.82, 2.24) is 14.6 Å². The van der Waals surface area contributed by atoms with Crippen LogP contribution in [0.25, 0.3) is 5.65 Å². The molecule has 0 atom stereocenters. The summed E-state index contributed by atoms with van der Waals surface area (Å²) in [7, 11) is 0. The Hall–Kier alpha value is -2.89. The zero-order valence-electron chi connectivity index (χ0n) is 15.5. The van der Waals surface area contributed by atoms with Gasteiger partial charge in [0.15, 0.2) is 5.65 Å². The van der Waals surface area contributed by atoms with Crippen molar-refractivity contribution in [1.29, 1.82) is 0 Å². The molecular formula is C20H23N3O3. The van der Waals surface area contributed by atoms with Crippen LogP contribution < -0.4 is 4.74 Å². The summed E-state index contributed by atoms with van der Waals surface area (Å²) in [6, 6.07) is 9.47. The SMILES string of the molecule is Cc1cc(OCCOC(=O)c2ccc3nnc(C)n3c2)ccc1C(C)C. The van der Waals surface area contributed by atoms with E-state index in [4.69, 9.17) is 9.47 Å². The maximum atomic E-state index is 12.2. The Morgan fingerprint density at radius 1 is 1.12 bits per heavy atom. The number of esters is 1. The fraction of sp³-hybridized carbons (Fsp3) is 0.350. The second-order valence-corrected chi connectivity index (χ2v) is 6.55. The van der Waals surface area contributed by atoms with Crippen LogP contribution in [0.15, 0.2) is 36.5 Å². The number of aromatic nitrogens is 3. The lowest BCUT2D eigenvalue weighted by Crippen LogP contribution is -2.13. The molecule has 136 valence electrons. The van der Waals surface area contributed by atoms with Crippen LogP contribution in [0, 0.1) is 13.8 Å². The Labute approximate surface area is 152 Å². The second-order valence-electron chi connectivity index (χ2n) is 6.55. The molecule has 1 aromatic carbocycles. The van der Waals surface area contributed by atoms with Gasteiger partial charge in [0.25, 0.3) is 0 Å². The van der Waals surface area contributed by atoms with Gasteiger partial charge in [-0.15, -0.1) is 10.2 Å². The Kier molecular flexibility index (Phi) is 5.21. The number of carbonyl (C=O) groups excluding carboxylic acids is 1. The molecule has 3 rings (SSSR count). The molecule has 0 amide bonds. The van der Waals surface area contributed by atoms with Gasteiger partial charge in [0.2, 0.25) is 0 Å². The van der Waals surface area contributed by atoms with Crippen molar-refractivity contribution in [3.63, 3.8) is 0 Å². The molecule has 0 fully saturated rings. The Morgan fingerprint density at radius 3 is 2.65 bits per heavy atom. The maximum Gasteiger partial charge on any atom is 0.339 e. The average Bonchev–Trinajstić information content (AvgIpc) is 2.99. The van der Waals surface area contributed by atoms with Crippen LogP contribution in [0.3, 0.4) is 0 Å². The third-order valence-corrected chi connectivity index (χ3v) is 4.26. The van der Waals surface area contributed by atoms with Crippen LogP contribution in [0.5, 0.6) is 5.75 Å². The lowest BCUT2D eigenvalue weighted by molar-refractivity contribution is 0.0450. The van der Waals surface area contributed by atoms with Crippen LogP contribution in [0.4, 0.5) is 0 Å². The van der Waals surface area contributed by atoms with Crippen LogP contribution >= 0.6 is 0 Å². The van der Waals surface area contributed by atoms with Crippen molar-refractivity contribution < 1.29 is 14.3 Å². The van der Waals surface area contributed by atoms with Crippen molar-refractivity contribution in [3.8, 4) is 5.75 Å². The lowest BCUT2D eigenvalue weighted by atomic mass is 9.98. The maximum absolute atomic E-state index is 12.2. The van der Waals surface area contributed by atoms with E-state index >= 15 is 0 Å². The second kappa shape index (κ2) is 7.56. The number of benzene rings is 1. The Morgan fingerprint density at radius 2 is 1.92 bits per heavy atom. The van der Waals surface area contributed by atoms with E-state index in [1.807, 2.05) is 19.1 Å². The average molecular weight is 353 g/mol. The molecule has 0 N–H and O–H groups in total. The highest BCUT2D eigenvalue weighted by Gasteiger charge is 2.10. The van der Waals surface area contributed by atoms with Crippen molar-refractivity contribution in [3.05, 3.63) is 59.0 Å². The number of aryl methyl sites for hydroxylation is 2. The van der Waals surface area contributed by atoms with E-state index in [2.05, 4.69) is 37.0 Å². The normalized spacial score (nSPS) is 11.1. The van der Waals surface area contributed by atoms with E-state index in [0.29, 0.717) is 23.7 Å². The van der Waals surface area contributed by atoms with Gasteiger partial charge in [-0.25, -0.2) is 4.79 Å². The number of hydrogen-bond donors (Lipinski definition) is 0. The minimum atomic E-state index is -0.394. The molecular weight excluding hydrogens is 330 g/mol. The predicted octanol–water partition coefficient (Wildman–Crippen LogP) is 3.71. The van der Waals surface area contributed by atoms with Crippen molar-refractivity contribution in [2.24, 2.45) is 0 Å². The minimum absolute atomic E-state index is 0.184. The van der Waals surface area contributed by atoms with Gasteiger partial charge in [0.1, 0.15) is 24.8 Å². The third kappa shape index (κ3) is 3.85. The number of carbonyl (C=O) groups is 1. The van der Waals surface area contributed by atoms with Crippen LogP contribution in [0.1, 0.15) is 47.1 Å². The van der Waals surface area contributed by atoms with E-state index in [0.717, 1.165) is 11.6 Å². The van der Waals surface area contributed by atoms with Gasteiger partial charge in [-0.1, -0.05) is 19.9 Å². The highest BCUT2D eigenvalue weighted by molar-refractivity contribution is 5.89.